The fourth-order valence-corrected chi connectivity index (χ4v) is 1.31. The predicted octanol–water partition coefficient (Wildman–Crippen LogP) is 0.467. The first-order valence-electron chi connectivity index (χ1n) is 4.10. The van der Waals surface area contributed by atoms with Gasteiger partial charge in [-0.2, -0.15) is 0 Å². The highest BCUT2D eigenvalue weighted by Crippen LogP contribution is 2.17. The molecule has 0 atom stereocenters. The van der Waals surface area contributed by atoms with Gasteiger partial charge >= 0.3 is 0 Å². The molecule has 0 radical (unpaired) electrons. The summed E-state index contributed by atoms with van der Waals surface area (Å²) >= 11 is 0. The van der Waals surface area contributed by atoms with E-state index in [1.54, 1.807) is 0 Å². The first-order chi connectivity index (χ1) is 5.90. The second kappa shape index (κ2) is 3.25. The molecule has 0 spiro atoms. The van der Waals surface area contributed by atoms with E-state index in [1.807, 2.05) is 7.05 Å². The molecule has 2 rings (SSSR count). The molecule has 1 aromatic rings. The Morgan fingerprint density at radius 3 is 3.25 bits per heavy atom. The van der Waals surface area contributed by atoms with Gasteiger partial charge in [0.1, 0.15) is 11.5 Å². The molecule has 0 aromatic carbocycles. The van der Waals surface area contributed by atoms with Gasteiger partial charge in [0, 0.05) is 6.42 Å². The Morgan fingerprint density at radius 1 is 1.58 bits per heavy atom. The standard InChI is InChI=1S/C8H12N2O2/c1-9-4-8-10-6-5-11-3-2-7(6)12-8/h9H,2-5H2,1H3. The van der Waals surface area contributed by atoms with E-state index in [0.717, 1.165) is 30.4 Å². The fraction of sp³-hybridized carbons (Fsp3) is 0.625. The zero-order chi connectivity index (χ0) is 8.39. The summed E-state index contributed by atoms with van der Waals surface area (Å²) in [7, 11) is 1.87. The third-order valence-corrected chi connectivity index (χ3v) is 1.86. The Balaban J connectivity index is 2.20. The summed E-state index contributed by atoms with van der Waals surface area (Å²) in [6, 6.07) is 0. The minimum absolute atomic E-state index is 0.600. The molecule has 1 aliphatic heterocycles. The van der Waals surface area contributed by atoms with E-state index in [1.165, 1.54) is 0 Å². The van der Waals surface area contributed by atoms with Gasteiger partial charge in [0.05, 0.1) is 19.8 Å². The lowest BCUT2D eigenvalue weighted by Gasteiger charge is -2.07. The van der Waals surface area contributed by atoms with Gasteiger partial charge in [0.2, 0.25) is 5.89 Å². The molecule has 0 saturated carbocycles. The smallest absolute Gasteiger partial charge is 0.208 e. The zero-order valence-electron chi connectivity index (χ0n) is 7.09. The van der Waals surface area contributed by atoms with Crippen LogP contribution in [0.25, 0.3) is 0 Å². The molecule has 4 heteroatoms. The number of hydrogen-bond donors (Lipinski definition) is 1. The number of oxazole rings is 1. The van der Waals surface area contributed by atoms with E-state index < -0.39 is 0 Å². The summed E-state index contributed by atoms with van der Waals surface area (Å²) in [5.41, 5.74) is 0.964. The lowest BCUT2D eigenvalue weighted by atomic mass is 10.2. The molecule has 4 nitrogen and oxygen atoms in total. The van der Waals surface area contributed by atoms with Crippen molar-refractivity contribution in [2.24, 2.45) is 0 Å². The second-order valence-corrected chi connectivity index (χ2v) is 2.81. The van der Waals surface area contributed by atoms with Gasteiger partial charge in [0.15, 0.2) is 0 Å². The molecule has 0 aliphatic carbocycles. The summed E-state index contributed by atoms with van der Waals surface area (Å²) in [6.45, 7) is 2.04. The average molecular weight is 168 g/mol. The van der Waals surface area contributed by atoms with Gasteiger partial charge in [-0.3, -0.25) is 0 Å². The van der Waals surface area contributed by atoms with Gasteiger partial charge in [-0.1, -0.05) is 0 Å². The Morgan fingerprint density at radius 2 is 2.50 bits per heavy atom. The number of ether oxygens (including phenoxy) is 1. The molecule has 12 heavy (non-hydrogen) atoms. The number of rotatable bonds is 2. The van der Waals surface area contributed by atoms with Crippen LogP contribution in [0.3, 0.4) is 0 Å². The van der Waals surface area contributed by atoms with Crippen molar-refractivity contribution >= 4 is 0 Å². The van der Waals surface area contributed by atoms with Crippen LogP contribution in [0.15, 0.2) is 4.42 Å². The van der Waals surface area contributed by atoms with Crippen LogP contribution < -0.4 is 5.32 Å². The fourth-order valence-electron chi connectivity index (χ4n) is 1.31. The van der Waals surface area contributed by atoms with Crippen molar-refractivity contribution in [2.75, 3.05) is 13.7 Å². The number of hydrogen-bond acceptors (Lipinski definition) is 4. The van der Waals surface area contributed by atoms with Gasteiger partial charge in [-0.05, 0) is 7.05 Å². The van der Waals surface area contributed by atoms with Crippen molar-refractivity contribution in [3.05, 3.63) is 17.3 Å². The summed E-state index contributed by atoms with van der Waals surface area (Å²) in [4.78, 5) is 4.29. The number of fused-ring (bicyclic) bond motifs is 1. The molecular formula is C8H12N2O2. The van der Waals surface area contributed by atoms with Crippen LogP contribution in [0.2, 0.25) is 0 Å². The van der Waals surface area contributed by atoms with Crippen LogP contribution in [-0.2, 0) is 24.3 Å². The first kappa shape index (κ1) is 7.76. The second-order valence-electron chi connectivity index (χ2n) is 2.81. The average Bonchev–Trinajstić information content (AvgIpc) is 2.47. The van der Waals surface area contributed by atoms with Crippen molar-refractivity contribution in [1.82, 2.24) is 10.3 Å². The molecule has 0 fully saturated rings. The largest absolute Gasteiger partial charge is 0.444 e. The highest BCUT2D eigenvalue weighted by molar-refractivity contribution is 5.11. The molecule has 1 aliphatic rings. The zero-order valence-corrected chi connectivity index (χ0v) is 7.09. The van der Waals surface area contributed by atoms with E-state index in [9.17, 15) is 0 Å². The molecule has 0 unspecified atom stereocenters. The maximum atomic E-state index is 5.49. The Bertz CT molecular complexity index is 247. The Kier molecular flexibility index (Phi) is 2.10. The minimum atomic E-state index is 0.600. The van der Waals surface area contributed by atoms with Crippen molar-refractivity contribution in [3.63, 3.8) is 0 Å². The van der Waals surface area contributed by atoms with E-state index in [-0.39, 0.29) is 0 Å². The third-order valence-electron chi connectivity index (χ3n) is 1.86. The van der Waals surface area contributed by atoms with Crippen molar-refractivity contribution in [3.8, 4) is 0 Å². The monoisotopic (exact) mass is 168 g/mol. The first-order valence-corrected chi connectivity index (χ1v) is 4.10. The lowest BCUT2D eigenvalue weighted by Crippen LogP contribution is -2.08. The van der Waals surface area contributed by atoms with Crippen LogP contribution in [-0.4, -0.2) is 18.6 Å². The Hall–Kier alpha value is -0.870. The van der Waals surface area contributed by atoms with Crippen LogP contribution in [0, 0.1) is 0 Å². The number of aromatic nitrogens is 1. The van der Waals surface area contributed by atoms with Gasteiger partial charge in [-0.15, -0.1) is 0 Å². The SMILES string of the molecule is CNCc1nc2c(o1)CCOC2. The van der Waals surface area contributed by atoms with Crippen LogP contribution >= 0.6 is 0 Å². The van der Waals surface area contributed by atoms with Gasteiger partial charge in [0.25, 0.3) is 0 Å². The minimum Gasteiger partial charge on any atom is -0.444 e. The van der Waals surface area contributed by atoms with Gasteiger partial charge in [-0.25, -0.2) is 4.98 Å². The highest BCUT2D eigenvalue weighted by atomic mass is 16.5. The van der Waals surface area contributed by atoms with E-state index >= 15 is 0 Å². The van der Waals surface area contributed by atoms with E-state index in [4.69, 9.17) is 9.15 Å². The molecule has 1 aromatic heterocycles. The molecule has 0 saturated heterocycles. The predicted molar refractivity (Wildman–Crippen MR) is 42.6 cm³/mol. The number of nitrogens with one attached hydrogen (secondary N) is 1. The van der Waals surface area contributed by atoms with Gasteiger partial charge < -0.3 is 14.5 Å². The van der Waals surface area contributed by atoms with Crippen molar-refractivity contribution in [2.45, 2.75) is 19.6 Å². The summed E-state index contributed by atoms with van der Waals surface area (Å²) in [6.07, 6.45) is 0.853. The molecule has 2 heterocycles. The summed E-state index contributed by atoms with van der Waals surface area (Å²) in [5, 5.41) is 3.00. The van der Waals surface area contributed by atoms with Crippen LogP contribution in [0.4, 0.5) is 0 Å². The van der Waals surface area contributed by atoms with Crippen molar-refractivity contribution < 1.29 is 9.15 Å². The molecular weight excluding hydrogens is 156 g/mol. The maximum Gasteiger partial charge on any atom is 0.208 e. The summed E-state index contributed by atoms with van der Waals surface area (Å²) < 4.78 is 10.7. The van der Waals surface area contributed by atoms with Crippen LogP contribution in [0.5, 0.6) is 0 Å². The number of nitrogens with zero attached hydrogens (tertiary/aromatic N) is 1. The van der Waals surface area contributed by atoms with E-state index in [0.29, 0.717) is 13.2 Å². The Labute approximate surface area is 70.9 Å². The molecule has 0 bridgehead atoms. The third kappa shape index (κ3) is 1.35. The quantitative estimate of drug-likeness (QED) is 0.697. The lowest BCUT2D eigenvalue weighted by molar-refractivity contribution is 0.102. The topological polar surface area (TPSA) is 47.3 Å². The van der Waals surface area contributed by atoms with Crippen molar-refractivity contribution in [1.29, 1.82) is 0 Å². The molecule has 1 N–H and O–H groups in total. The maximum absolute atomic E-state index is 5.49. The summed E-state index contributed by atoms with van der Waals surface area (Å²) in [5.74, 6) is 1.75. The van der Waals surface area contributed by atoms with Crippen LogP contribution in [0.1, 0.15) is 17.3 Å². The normalized spacial score (nSPS) is 16.1. The molecule has 66 valence electrons. The molecule has 0 amide bonds. The van der Waals surface area contributed by atoms with E-state index in [2.05, 4.69) is 10.3 Å². The highest BCUT2D eigenvalue weighted by Gasteiger charge is 2.16.